The van der Waals surface area contributed by atoms with Gasteiger partial charge in [-0.1, -0.05) is 13.0 Å². The number of sulfonamides is 1. The van der Waals surface area contributed by atoms with Crippen molar-refractivity contribution in [3.8, 4) is 0 Å². The quantitative estimate of drug-likeness (QED) is 0.709. The Hall–Kier alpha value is -1.44. The van der Waals surface area contributed by atoms with E-state index >= 15 is 0 Å². The first-order valence-corrected chi connectivity index (χ1v) is 8.61. The van der Waals surface area contributed by atoms with Gasteiger partial charge in [-0.25, -0.2) is 13.1 Å². The summed E-state index contributed by atoms with van der Waals surface area (Å²) in [6, 6.07) is 5.97. The molecule has 0 unspecified atom stereocenters. The zero-order valence-corrected chi connectivity index (χ0v) is 14.3. The van der Waals surface area contributed by atoms with Crippen LogP contribution in [0.4, 0.5) is 0 Å². The predicted octanol–water partition coefficient (Wildman–Crippen LogP) is 1.53. The third-order valence-corrected chi connectivity index (χ3v) is 4.80. The summed E-state index contributed by atoms with van der Waals surface area (Å²) < 4.78 is 31.5. The van der Waals surface area contributed by atoms with Gasteiger partial charge in [0.05, 0.1) is 11.5 Å². The molecule has 0 fully saturated rings. The van der Waals surface area contributed by atoms with Gasteiger partial charge in [-0.3, -0.25) is 4.79 Å². The molecule has 7 heteroatoms. The average molecular weight is 328 g/mol. The SMILES string of the molecule is CCC(C)(C)NC(=O)c1cccc(S(=O)(=O)NCCOC)c1. The van der Waals surface area contributed by atoms with E-state index in [-0.39, 0.29) is 29.5 Å². The number of carbonyl (C=O) groups excluding carboxylic acids is 1. The Kier molecular flexibility index (Phi) is 6.52. The van der Waals surface area contributed by atoms with Crippen LogP contribution in [0, 0.1) is 0 Å². The van der Waals surface area contributed by atoms with Crippen molar-refractivity contribution in [2.75, 3.05) is 20.3 Å². The van der Waals surface area contributed by atoms with Crippen molar-refractivity contribution < 1.29 is 17.9 Å². The lowest BCUT2D eigenvalue weighted by Gasteiger charge is -2.24. The minimum atomic E-state index is -3.65. The zero-order valence-electron chi connectivity index (χ0n) is 13.5. The third kappa shape index (κ3) is 5.40. The average Bonchev–Trinajstić information content (AvgIpc) is 2.47. The Morgan fingerprint density at radius 3 is 2.59 bits per heavy atom. The van der Waals surface area contributed by atoms with Crippen LogP contribution in [0.2, 0.25) is 0 Å². The van der Waals surface area contributed by atoms with Crippen molar-refractivity contribution >= 4 is 15.9 Å². The van der Waals surface area contributed by atoms with Crippen LogP contribution >= 0.6 is 0 Å². The minimum absolute atomic E-state index is 0.0607. The molecule has 0 saturated carbocycles. The van der Waals surface area contributed by atoms with Crippen LogP contribution in [-0.2, 0) is 14.8 Å². The lowest BCUT2D eigenvalue weighted by molar-refractivity contribution is 0.0911. The maximum Gasteiger partial charge on any atom is 0.251 e. The van der Waals surface area contributed by atoms with Gasteiger partial charge in [0, 0.05) is 24.8 Å². The number of hydrogen-bond donors (Lipinski definition) is 2. The fourth-order valence-electron chi connectivity index (χ4n) is 1.63. The second kappa shape index (κ2) is 7.71. The van der Waals surface area contributed by atoms with Gasteiger partial charge in [0.1, 0.15) is 0 Å². The van der Waals surface area contributed by atoms with Gasteiger partial charge in [-0.15, -0.1) is 0 Å². The van der Waals surface area contributed by atoms with E-state index in [4.69, 9.17) is 4.74 Å². The summed E-state index contributed by atoms with van der Waals surface area (Å²) in [5.74, 6) is -0.291. The molecule has 1 rings (SSSR count). The molecule has 0 heterocycles. The highest BCUT2D eigenvalue weighted by atomic mass is 32.2. The molecule has 0 aliphatic rings. The second-order valence-electron chi connectivity index (χ2n) is 5.61. The molecular formula is C15H24N2O4S. The third-order valence-electron chi connectivity index (χ3n) is 3.34. The van der Waals surface area contributed by atoms with E-state index in [1.54, 1.807) is 12.1 Å². The van der Waals surface area contributed by atoms with E-state index in [1.165, 1.54) is 19.2 Å². The van der Waals surface area contributed by atoms with Crippen molar-refractivity contribution in [3.05, 3.63) is 29.8 Å². The van der Waals surface area contributed by atoms with Gasteiger partial charge in [-0.05, 0) is 38.5 Å². The van der Waals surface area contributed by atoms with Crippen LogP contribution in [0.5, 0.6) is 0 Å². The Morgan fingerprint density at radius 2 is 2.00 bits per heavy atom. The molecule has 0 aliphatic carbocycles. The summed E-state index contributed by atoms with van der Waals surface area (Å²) in [4.78, 5) is 12.3. The molecule has 0 spiro atoms. The molecule has 0 aliphatic heterocycles. The summed E-state index contributed by atoms with van der Waals surface area (Å²) in [5.41, 5.74) is -0.0287. The monoisotopic (exact) mass is 328 g/mol. The van der Waals surface area contributed by atoms with E-state index in [2.05, 4.69) is 10.0 Å². The van der Waals surface area contributed by atoms with E-state index in [0.29, 0.717) is 5.56 Å². The van der Waals surface area contributed by atoms with Crippen LogP contribution in [0.15, 0.2) is 29.2 Å². The molecule has 0 bridgehead atoms. The van der Waals surface area contributed by atoms with E-state index in [0.717, 1.165) is 6.42 Å². The van der Waals surface area contributed by atoms with Crippen molar-refractivity contribution in [3.63, 3.8) is 0 Å². The van der Waals surface area contributed by atoms with Crippen LogP contribution in [0.3, 0.4) is 0 Å². The number of nitrogens with one attached hydrogen (secondary N) is 2. The van der Waals surface area contributed by atoms with Gasteiger partial charge in [0.2, 0.25) is 10.0 Å². The summed E-state index contributed by atoms with van der Waals surface area (Å²) in [6.45, 7) is 6.26. The van der Waals surface area contributed by atoms with Crippen molar-refractivity contribution in [2.24, 2.45) is 0 Å². The molecule has 1 aromatic carbocycles. The molecule has 0 aromatic heterocycles. The van der Waals surface area contributed by atoms with Gasteiger partial charge in [0.15, 0.2) is 0 Å². The molecule has 1 aromatic rings. The number of amides is 1. The van der Waals surface area contributed by atoms with Gasteiger partial charge in [0.25, 0.3) is 5.91 Å². The number of benzene rings is 1. The van der Waals surface area contributed by atoms with Crippen LogP contribution < -0.4 is 10.0 Å². The van der Waals surface area contributed by atoms with Gasteiger partial charge >= 0.3 is 0 Å². The first-order valence-electron chi connectivity index (χ1n) is 7.13. The van der Waals surface area contributed by atoms with E-state index < -0.39 is 10.0 Å². The summed E-state index contributed by atoms with van der Waals surface area (Å²) >= 11 is 0. The largest absolute Gasteiger partial charge is 0.383 e. The maximum absolute atomic E-state index is 12.2. The topological polar surface area (TPSA) is 84.5 Å². The minimum Gasteiger partial charge on any atom is -0.383 e. The van der Waals surface area contributed by atoms with Crippen molar-refractivity contribution in [1.29, 1.82) is 0 Å². The number of rotatable bonds is 8. The van der Waals surface area contributed by atoms with Crippen LogP contribution in [0.25, 0.3) is 0 Å². The van der Waals surface area contributed by atoms with Crippen molar-refractivity contribution in [1.82, 2.24) is 10.0 Å². The Labute approximate surface area is 132 Å². The highest BCUT2D eigenvalue weighted by Gasteiger charge is 2.20. The molecule has 1 amide bonds. The van der Waals surface area contributed by atoms with Crippen molar-refractivity contribution in [2.45, 2.75) is 37.6 Å². The van der Waals surface area contributed by atoms with E-state index in [9.17, 15) is 13.2 Å². The lowest BCUT2D eigenvalue weighted by atomic mass is 10.0. The molecule has 0 radical (unpaired) electrons. The Balaban J connectivity index is 2.92. The maximum atomic E-state index is 12.2. The molecule has 6 nitrogen and oxygen atoms in total. The van der Waals surface area contributed by atoms with Crippen LogP contribution in [-0.4, -0.2) is 40.1 Å². The molecular weight excluding hydrogens is 304 g/mol. The fraction of sp³-hybridized carbons (Fsp3) is 0.533. The van der Waals surface area contributed by atoms with Gasteiger partial charge < -0.3 is 10.1 Å². The number of methoxy groups -OCH3 is 1. The molecule has 22 heavy (non-hydrogen) atoms. The number of hydrogen-bond acceptors (Lipinski definition) is 4. The first-order chi connectivity index (χ1) is 10.2. The normalized spacial score (nSPS) is 12.2. The molecule has 124 valence electrons. The number of ether oxygens (including phenoxy) is 1. The molecule has 0 saturated heterocycles. The zero-order chi connectivity index (χ0) is 16.8. The Morgan fingerprint density at radius 1 is 1.32 bits per heavy atom. The highest BCUT2D eigenvalue weighted by Crippen LogP contribution is 2.14. The second-order valence-corrected chi connectivity index (χ2v) is 7.38. The van der Waals surface area contributed by atoms with Crippen LogP contribution in [0.1, 0.15) is 37.6 Å². The van der Waals surface area contributed by atoms with E-state index in [1.807, 2.05) is 20.8 Å². The first kappa shape index (κ1) is 18.6. The molecule has 0 atom stereocenters. The number of carbonyl (C=O) groups is 1. The summed E-state index contributed by atoms with van der Waals surface area (Å²) in [5, 5.41) is 2.88. The fourth-order valence-corrected chi connectivity index (χ4v) is 2.69. The predicted molar refractivity (Wildman–Crippen MR) is 85.3 cm³/mol. The smallest absolute Gasteiger partial charge is 0.251 e. The standard InChI is InChI=1S/C15H24N2O4S/c1-5-15(2,3)17-14(18)12-7-6-8-13(11-12)22(19,20)16-9-10-21-4/h6-8,11,16H,5,9-10H2,1-4H3,(H,17,18). The Bertz CT molecular complexity index is 612. The molecule has 2 N–H and O–H groups in total. The summed E-state index contributed by atoms with van der Waals surface area (Å²) in [6.07, 6.45) is 0.773. The van der Waals surface area contributed by atoms with Gasteiger partial charge in [-0.2, -0.15) is 0 Å². The highest BCUT2D eigenvalue weighted by molar-refractivity contribution is 7.89. The lowest BCUT2D eigenvalue weighted by Crippen LogP contribution is -2.42. The summed E-state index contributed by atoms with van der Waals surface area (Å²) in [7, 11) is -2.15.